The molecule has 5 heteroatoms. The number of rotatable bonds is 1. The van der Waals surface area contributed by atoms with E-state index >= 15 is 0 Å². The molecule has 80 valence electrons. The molecule has 1 aromatic heterocycles. The molecule has 0 saturated heterocycles. The summed E-state index contributed by atoms with van der Waals surface area (Å²) in [6, 6.07) is 7.78. The quantitative estimate of drug-likeness (QED) is 0.461. The molecule has 0 unspecified atom stereocenters. The van der Waals surface area contributed by atoms with E-state index in [1.165, 1.54) is 0 Å². The van der Waals surface area contributed by atoms with Crippen LogP contribution >= 0.6 is 0 Å². The highest BCUT2D eigenvalue weighted by molar-refractivity contribution is 5.67. The van der Waals surface area contributed by atoms with Crippen molar-refractivity contribution in [1.29, 1.82) is 0 Å². The minimum absolute atomic E-state index is 0.103. The van der Waals surface area contributed by atoms with Crippen LogP contribution in [-0.2, 0) is 6.54 Å². The molecular weight excluding hydrogens is 206 g/mol. The molecule has 1 aliphatic heterocycles. The van der Waals surface area contributed by atoms with Crippen LogP contribution in [0.5, 0.6) is 0 Å². The van der Waals surface area contributed by atoms with Gasteiger partial charge in [0.2, 0.25) is 5.82 Å². The van der Waals surface area contributed by atoms with Gasteiger partial charge in [-0.2, -0.15) is 0 Å². The normalized spacial score (nSPS) is 12.3. The standard InChI is InChI=1S/C11H9N3O2/c1-7-11(14(15)16)13-6-8-4-2-3-5-9(8)10(13)12-7/h2-5H,6H2,1H3. The number of fused-ring (bicyclic) bond motifs is 3. The van der Waals surface area contributed by atoms with E-state index in [-0.39, 0.29) is 10.7 Å². The lowest BCUT2D eigenvalue weighted by Gasteiger charge is -1.97. The molecule has 0 spiro atoms. The van der Waals surface area contributed by atoms with Gasteiger partial charge in [0.15, 0.2) is 0 Å². The first kappa shape index (κ1) is 9.08. The number of nitrogens with zero attached hydrogens (tertiary/aromatic N) is 3. The second-order valence-corrected chi connectivity index (χ2v) is 3.84. The van der Waals surface area contributed by atoms with Gasteiger partial charge in [-0.15, -0.1) is 0 Å². The van der Waals surface area contributed by atoms with Crippen LogP contribution in [0.2, 0.25) is 0 Å². The van der Waals surface area contributed by atoms with E-state index in [0.29, 0.717) is 18.1 Å². The first-order valence-corrected chi connectivity index (χ1v) is 4.98. The lowest BCUT2D eigenvalue weighted by atomic mass is 10.1. The molecule has 16 heavy (non-hydrogen) atoms. The van der Waals surface area contributed by atoms with E-state index < -0.39 is 0 Å². The zero-order chi connectivity index (χ0) is 11.3. The largest absolute Gasteiger partial charge is 0.358 e. The Morgan fingerprint density at radius 1 is 1.44 bits per heavy atom. The van der Waals surface area contributed by atoms with Crippen LogP contribution < -0.4 is 0 Å². The Labute approximate surface area is 91.5 Å². The number of aromatic nitrogens is 2. The monoisotopic (exact) mass is 215 g/mol. The van der Waals surface area contributed by atoms with Crippen molar-refractivity contribution in [3.05, 3.63) is 45.6 Å². The summed E-state index contributed by atoms with van der Waals surface area (Å²) in [6.45, 7) is 2.22. The highest BCUT2D eigenvalue weighted by atomic mass is 16.6. The highest BCUT2D eigenvalue weighted by Crippen LogP contribution is 2.35. The van der Waals surface area contributed by atoms with Crippen molar-refractivity contribution in [3.63, 3.8) is 0 Å². The van der Waals surface area contributed by atoms with Gasteiger partial charge >= 0.3 is 5.82 Å². The Balaban J connectivity index is 2.28. The van der Waals surface area contributed by atoms with Crippen molar-refractivity contribution in [3.8, 4) is 11.4 Å². The Morgan fingerprint density at radius 3 is 2.94 bits per heavy atom. The molecule has 0 fully saturated rings. The van der Waals surface area contributed by atoms with Gasteiger partial charge in [0.25, 0.3) is 0 Å². The second-order valence-electron chi connectivity index (χ2n) is 3.84. The zero-order valence-electron chi connectivity index (χ0n) is 8.67. The first-order chi connectivity index (χ1) is 7.68. The molecule has 0 saturated carbocycles. The van der Waals surface area contributed by atoms with E-state index in [1.807, 2.05) is 24.3 Å². The Hall–Kier alpha value is -2.17. The minimum atomic E-state index is -0.363. The van der Waals surface area contributed by atoms with Gasteiger partial charge in [-0.3, -0.25) is 0 Å². The maximum atomic E-state index is 10.9. The number of imidazole rings is 1. The van der Waals surface area contributed by atoms with Gasteiger partial charge < -0.3 is 10.1 Å². The number of aryl methyl sites for hydroxylation is 1. The van der Waals surface area contributed by atoms with E-state index in [1.54, 1.807) is 11.5 Å². The molecule has 1 aromatic carbocycles. The molecule has 1 aliphatic rings. The van der Waals surface area contributed by atoms with Crippen molar-refractivity contribution in [2.75, 3.05) is 0 Å². The Morgan fingerprint density at radius 2 is 2.19 bits per heavy atom. The van der Waals surface area contributed by atoms with Gasteiger partial charge in [-0.1, -0.05) is 18.2 Å². The summed E-state index contributed by atoms with van der Waals surface area (Å²) in [5.74, 6) is 0.811. The highest BCUT2D eigenvalue weighted by Gasteiger charge is 2.32. The van der Waals surface area contributed by atoms with Crippen LogP contribution in [0.3, 0.4) is 0 Å². The predicted molar refractivity (Wildman–Crippen MR) is 58.2 cm³/mol. The molecule has 5 nitrogen and oxygen atoms in total. The average Bonchev–Trinajstić information content (AvgIpc) is 2.71. The Bertz CT molecular complexity index is 601. The molecule has 3 rings (SSSR count). The zero-order valence-corrected chi connectivity index (χ0v) is 8.67. The maximum Gasteiger partial charge on any atom is 0.346 e. The van der Waals surface area contributed by atoms with Crippen LogP contribution in [-0.4, -0.2) is 14.5 Å². The van der Waals surface area contributed by atoms with E-state index in [2.05, 4.69) is 4.98 Å². The van der Waals surface area contributed by atoms with E-state index in [9.17, 15) is 10.1 Å². The molecule has 0 atom stereocenters. The molecule has 2 heterocycles. The molecular formula is C11H9N3O2. The summed E-state index contributed by atoms with van der Waals surface area (Å²) >= 11 is 0. The molecule has 0 N–H and O–H groups in total. The van der Waals surface area contributed by atoms with Crippen LogP contribution in [0.25, 0.3) is 11.4 Å². The van der Waals surface area contributed by atoms with Gasteiger partial charge in [-0.05, 0) is 17.9 Å². The van der Waals surface area contributed by atoms with Crippen molar-refractivity contribution >= 4 is 5.82 Å². The van der Waals surface area contributed by atoms with Gasteiger partial charge in [-0.25, -0.2) is 9.55 Å². The number of hydrogen-bond acceptors (Lipinski definition) is 3. The first-order valence-electron chi connectivity index (χ1n) is 4.98. The molecule has 0 aliphatic carbocycles. The predicted octanol–water partition coefficient (Wildman–Crippen LogP) is 2.13. The van der Waals surface area contributed by atoms with Gasteiger partial charge in [0, 0.05) is 11.1 Å². The van der Waals surface area contributed by atoms with Gasteiger partial charge in [0.1, 0.15) is 12.2 Å². The average molecular weight is 215 g/mol. The third-order valence-corrected chi connectivity index (χ3v) is 2.87. The fourth-order valence-corrected chi connectivity index (χ4v) is 2.20. The second kappa shape index (κ2) is 2.91. The number of nitro groups is 1. The SMILES string of the molecule is Cc1nc2n(c1[N+](=O)[O-])Cc1ccccc1-2. The van der Waals surface area contributed by atoms with Crippen LogP contribution in [0.15, 0.2) is 24.3 Å². The van der Waals surface area contributed by atoms with E-state index in [4.69, 9.17) is 0 Å². The maximum absolute atomic E-state index is 10.9. The summed E-state index contributed by atoms with van der Waals surface area (Å²) in [4.78, 5) is 14.9. The van der Waals surface area contributed by atoms with E-state index in [0.717, 1.165) is 11.1 Å². The fraction of sp³-hybridized carbons (Fsp3) is 0.182. The summed E-state index contributed by atoms with van der Waals surface area (Å²) in [7, 11) is 0. The molecule has 0 amide bonds. The number of benzene rings is 1. The lowest BCUT2D eigenvalue weighted by Crippen LogP contribution is -2.01. The van der Waals surface area contributed by atoms with Crippen LogP contribution in [0, 0.1) is 17.0 Å². The molecule has 0 bridgehead atoms. The smallest absolute Gasteiger partial charge is 0.346 e. The summed E-state index contributed by atoms with van der Waals surface area (Å²) < 4.78 is 1.67. The third-order valence-electron chi connectivity index (χ3n) is 2.87. The molecule has 0 radical (unpaired) electrons. The number of hydrogen-bond donors (Lipinski definition) is 0. The summed E-state index contributed by atoms with van der Waals surface area (Å²) in [5, 5.41) is 10.9. The topological polar surface area (TPSA) is 61.0 Å². The van der Waals surface area contributed by atoms with Crippen molar-refractivity contribution < 1.29 is 4.92 Å². The summed E-state index contributed by atoms with van der Waals surface area (Å²) in [6.07, 6.45) is 0. The van der Waals surface area contributed by atoms with Crippen LogP contribution in [0.4, 0.5) is 5.82 Å². The van der Waals surface area contributed by atoms with Crippen molar-refractivity contribution in [2.45, 2.75) is 13.5 Å². The third kappa shape index (κ3) is 1.02. The van der Waals surface area contributed by atoms with Crippen LogP contribution in [0.1, 0.15) is 11.3 Å². The van der Waals surface area contributed by atoms with Gasteiger partial charge in [0.05, 0.1) is 0 Å². The Kier molecular flexibility index (Phi) is 1.65. The van der Waals surface area contributed by atoms with Crippen molar-refractivity contribution in [1.82, 2.24) is 9.55 Å². The molecule has 2 aromatic rings. The fourth-order valence-electron chi connectivity index (χ4n) is 2.20. The summed E-state index contributed by atoms with van der Waals surface area (Å²) in [5.41, 5.74) is 2.57. The van der Waals surface area contributed by atoms with Crippen molar-refractivity contribution in [2.24, 2.45) is 0 Å². The minimum Gasteiger partial charge on any atom is -0.358 e. The lowest BCUT2D eigenvalue weighted by molar-refractivity contribution is -0.392.